The van der Waals surface area contributed by atoms with E-state index in [1.165, 1.54) is 0 Å². The minimum absolute atomic E-state index is 0. The van der Waals surface area contributed by atoms with Crippen LogP contribution in [-0.2, 0) is 17.4 Å². The van der Waals surface area contributed by atoms with Crippen LogP contribution in [0.25, 0.3) is 0 Å². The molecule has 0 amide bonds. The van der Waals surface area contributed by atoms with Gasteiger partial charge in [-0.05, 0) is 0 Å². The first kappa shape index (κ1) is 94.3. The second-order valence-electron chi connectivity index (χ2n) is 0. The van der Waals surface area contributed by atoms with E-state index < -0.39 is 0 Å². The molecule has 0 fully saturated rings. The van der Waals surface area contributed by atoms with E-state index in [0.29, 0.717) is 0 Å². The molecule has 5 heteroatoms. The fraction of sp³-hybridized carbons (Fsp3) is 0. The summed E-state index contributed by atoms with van der Waals surface area (Å²) in [5.74, 6) is 0. The molecule has 0 aromatic heterocycles. The molecule has 23 valence electrons. The van der Waals surface area contributed by atoms with Crippen LogP contribution >= 0.6 is 0 Å². The van der Waals surface area contributed by atoms with Gasteiger partial charge in [0.2, 0.25) is 0 Å². The topological polar surface area (TPSA) is 31.5 Å². The van der Waals surface area contributed by atoms with Crippen LogP contribution in [0.15, 0.2) is 0 Å². The van der Waals surface area contributed by atoms with Crippen molar-refractivity contribution in [3.63, 3.8) is 0 Å². The Balaban J connectivity index is 0. The van der Waals surface area contributed by atoms with Gasteiger partial charge in [-0.1, -0.05) is 0 Å². The smallest absolute Gasteiger partial charge is 0 e. The number of rotatable bonds is 0. The SMILES string of the molecule is O.[Al].[Be].[Cr].[Si]. The molecule has 0 rings (SSSR count). The van der Waals surface area contributed by atoms with E-state index in [-0.39, 0.29) is 61.3 Å². The Morgan fingerprint density at radius 3 is 1.00 bits per heavy atom. The summed E-state index contributed by atoms with van der Waals surface area (Å²) in [5, 5.41) is 0. The zero-order valence-electron chi connectivity index (χ0n) is 2.69. The molecule has 0 atom stereocenters. The first-order valence-corrected chi connectivity index (χ1v) is 0. The molecular formula is H2AlBeCrOSi. The monoisotopic (exact) mass is 134 g/mol. The summed E-state index contributed by atoms with van der Waals surface area (Å²) in [6, 6.07) is 0. The maximum Gasteiger partial charge on any atom is 0 e. The molecule has 5 heavy (non-hydrogen) atoms. The van der Waals surface area contributed by atoms with Gasteiger partial charge >= 0.3 is 0 Å². The van der Waals surface area contributed by atoms with E-state index in [9.17, 15) is 0 Å². The van der Waals surface area contributed by atoms with E-state index in [4.69, 9.17) is 0 Å². The van der Waals surface area contributed by atoms with E-state index in [2.05, 4.69) is 0 Å². The van der Waals surface area contributed by atoms with Crippen LogP contribution in [0.3, 0.4) is 0 Å². The van der Waals surface area contributed by atoms with Crippen molar-refractivity contribution >= 4 is 38.4 Å². The van der Waals surface area contributed by atoms with Crippen molar-refractivity contribution in [2.45, 2.75) is 0 Å². The van der Waals surface area contributed by atoms with Crippen molar-refractivity contribution in [2.24, 2.45) is 0 Å². The van der Waals surface area contributed by atoms with Crippen molar-refractivity contribution in [1.82, 2.24) is 0 Å². The summed E-state index contributed by atoms with van der Waals surface area (Å²) < 4.78 is 0. The van der Waals surface area contributed by atoms with E-state index in [0.717, 1.165) is 0 Å². The van der Waals surface area contributed by atoms with Crippen molar-refractivity contribution in [1.29, 1.82) is 0 Å². The predicted molar refractivity (Wildman–Crippen MR) is 20.9 cm³/mol. The van der Waals surface area contributed by atoms with Crippen molar-refractivity contribution in [2.75, 3.05) is 0 Å². The van der Waals surface area contributed by atoms with E-state index in [1.807, 2.05) is 0 Å². The van der Waals surface area contributed by atoms with Gasteiger partial charge in [0.1, 0.15) is 0 Å². The average Bonchev–Trinajstić information content (AvgIpc) is 0. The van der Waals surface area contributed by atoms with Crippen LogP contribution in [0.2, 0.25) is 0 Å². The molecule has 2 N–H and O–H groups in total. The Labute approximate surface area is 61.3 Å². The van der Waals surface area contributed by atoms with Crippen LogP contribution < -0.4 is 0 Å². The van der Waals surface area contributed by atoms with Crippen molar-refractivity contribution in [3.8, 4) is 0 Å². The van der Waals surface area contributed by atoms with E-state index >= 15 is 0 Å². The zero-order valence-corrected chi connectivity index (χ0v) is 6.12. The van der Waals surface area contributed by atoms with E-state index in [1.54, 1.807) is 0 Å². The molecule has 0 aliphatic carbocycles. The molecule has 9 radical (unpaired) electrons. The van der Waals surface area contributed by atoms with Gasteiger partial charge < -0.3 is 5.48 Å². The molecule has 0 bridgehead atoms. The Kier molecular flexibility index (Phi) is 998. The Bertz CT molecular complexity index is 11.6. The summed E-state index contributed by atoms with van der Waals surface area (Å²) in [6.45, 7) is 0. The van der Waals surface area contributed by atoms with Crippen molar-refractivity contribution in [3.05, 3.63) is 0 Å². The fourth-order valence-corrected chi connectivity index (χ4v) is 0. The molecule has 0 aromatic rings. The maximum atomic E-state index is 0. The number of hydrogen-bond donors (Lipinski definition) is 0. The average molecular weight is 134 g/mol. The molecule has 0 unspecified atom stereocenters. The summed E-state index contributed by atoms with van der Waals surface area (Å²) in [6.07, 6.45) is 0. The van der Waals surface area contributed by atoms with Gasteiger partial charge in [0.25, 0.3) is 0 Å². The normalized spacial score (nSPS) is 0. The third-order valence-electron chi connectivity index (χ3n) is 0. The molecule has 0 heterocycles. The second-order valence-corrected chi connectivity index (χ2v) is 0. The largest absolute Gasteiger partial charge is 0.412 e. The second kappa shape index (κ2) is 52.9. The third-order valence-corrected chi connectivity index (χ3v) is 0. The Morgan fingerprint density at radius 2 is 1.00 bits per heavy atom. The fourth-order valence-electron chi connectivity index (χ4n) is 0. The van der Waals surface area contributed by atoms with Gasteiger partial charge in [0, 0.05) is 55.8 Å². The maximum absolute atomic E-state index is 0. The van der Waals surface area contributed by atoms with Gasteiger partial charge in [-0.15, -0.1) is 0 Å². The van der Waals surface area contributed by atoms with Crippen LogP contribution in [0.5, 0.6) is 0 Å². The van der Waals surface area contributed by atoms with Crippen molar-refractivity contribution < 1.29 is 22.8 Å². The summed E-state index contributed by atoms with van der Waals surface area (Å²) in [5.41, 5.74) is 0. The van der Waals surface area contributed by atoms with Gasteiger partial charge in [0.15, 0.2) is 0 Å². The summed E-state index contributed by atoms with van der Waals surface area (Å²) >= 11 is 0. The van der Waals surface area contributed by atoms with Gasteiger partial charge in [-0.3, -0.25) is 0 Å². The van der Waals surface area contributed by atoms with Crippen LogP contribution in [0, 0.1) is 0 Å². The quantitative estimate of drug-likeness (QED) is 0.344. The molecule has 0 saturated carbocycles. The first-order chi connectivity index (χ1) is 0. The Morgan fingerprint density at radius 1 is 1.00 bits per heavy atom. The molecule has 0 aromatic carbocycles. The molecule has 0 aliphatic heterocycles. The number of hydrogen-bond acceptors (Lipinski definition) is 0. The third kappa shape index (κ3) is 31.6. The minimum Gasteiger partial charge on any atom is -0.412 e. The summed E-state index contributed by atoms with van der Waals surface area (Å²) in [7, 11) is 0. The Hall–Kier alpha value is 1.41. The van der Waals surface area contributed by atoms with Gasteiger partial charge in [-0.2, -0.15) is 0 Å². The van der Waals surface area contributed by atoms with Gasteiger partial charge in [0.05, 0.1) is 0 Å². The van der Waals surface area contributed by atoms with Gasteiger partial charge in [-0.25, -0.2) is 0 Å². The predicted octanol–water partition coefficient (Wildman–Crippen LogP) is -1.97. The molecule has 0 spiro atoms. The first-order valence-electron chi connectivity index (χ1n) is 0. The molecule has 0 saturated heterocycles. The minimum atomic E-state index is 0. The molecule has 0 aliphatic rings. The zero-order chi connectivity index (χ0) is 0. The molecule has 1 nitrogen and oxygen atoms in total. The van der Waals surface area contributed by atoms with Crippen LogP contribution in [-0.4, -0.2) is 43.9 Å². The standard InChI is InChI=1S/Al.Be.Cr.H2O.Si/h;;;1H2;. The molecular weight excluding hydrogens is 132 g/mol. The summed E-state index contributed by atoms with van der Waals surface area (Å²) in [4.78, 5) is 0. The van der Waals surface area contributed by atoms with Crippen LogP contribution in [0.4, 0.5) is 0 Å². The van der Waals surface area contributed by atoms with Crippen LogP contribution in [0.1, 0.15) is 0 Å².